The Morgan fingerprint density at radius 1 is 1.60 bits per heavy atom. The first-order valence-electron chi connectivity index (χ1n) is 5.07. The van der Waals surface area contributed by atoms with Gasteiger partial charge < -0.3 is 4.90 Å². The van der Waals surface area contributed by atoms with E-state index < -0.39 is 5.54 Å². The van der Waals surface area contributed by atoms with E-state index in [4.69, 9.17) is 11.8 Å². The van der Waals surface area contributed by atoms with Crippen molar-refractivity contribution in [2.45, 2.75) is 32.2 Å². The predicted octanol–water partition coefficient (Wildman–Crippen LogP) is 1.18. The van der Waals surface area contributed by atoms with Crippen LogP contribution in [-0.2, 0) is 0 Å². The largest absolute Gasteiger partial charge is 0.324 e. The molecular weight excluding hydrogens is 190 g/mol. The molecule has 2 fully saturated rings. The van der Waals surface area contributed by atoms with Crippen molar-refractivity contribution in [1.29, 1.82) is 5.41 Å². The molecule has 0 spiro atoms. The normalized spacial score (nSPS) is 32.5. The highest BCUT2D eigenvalue weighted by atomic mass is 16.2. The number of nitrogens with one attached hydrogen (secondary N) is 2. The average Bonchev–Trinajstić information content (AvgIpc) is 2.88. The van der Waals surface area contributed by atoms with Gasteiger partial charge in [0.15, 0.2) is 0 Å². The van der Waals surface area contributed by atoms with Crippen molar-refractivity contribution in [2.24, 2.45) is 5.41 Å². The van der Waals surface area contributed by atoms with Gasteiger partial charge >= 0.3 is 6.03 Å². The molecule has 1 saturated heterocycles. The maximum absolute atomic E-state index is 11.6. The monoisotopic (exact) mass is 205 g/mol. The van der Waals surface area contributed by atoms with Gasteiger partial charge in [0.05, 0.1) is 6.54 Å². The molecule has 1 aliphatic heterocycles. The van der Waals surface area contributed by atoms with Gasteiger partial charge in [-0.2, -0.15) is 0 Å². The van der Waals surface area contributed by atoms with E-state index in [-0.39, 0.29) is 23.8 Å². The van der Waals surface area contributed by atoms with Crippen LogP contribution in [0.15, 0.2) is 0 Å². The molecule has 15 heavy (non-hydrogen) atoms. The molecule has 2 aliphatic rings. The number of amides is 2. The summed E-state index contributed by atoms with van der Waals surface area (Å²) in [5.41, 5.74) is -0.531. The summed E-state index contributed by atoms with van der Waals surface area (Å²) in [5.74, 6) is 2.76. The zero-order chi connectivity index (χ0) is 11.3. The van der Waals surface area contributed by atoms with Crippen LogP contribution >= 0.6 is 0 Å². The minimum atomic E-state index is -0.545. The third-order valence-corrected chi connectivity index (χ3v) is 3.93. The lowest BCUT2D eigenvalue weighted by atomic mass is 9.82. The third-order valence-electron chi connectivity index (χ3n) is 3.93. The molecule has 1 unspecified atom stereocenters. The van der Waals surface area contributed by atoms with Crippen molar-refractivity contribution in [3.8, 4) is 12.3 Å². The lowest BCUT2D eigenvalue weighted by Gasteiger charge is -2.37. The summed E-state index contributed by atoms with van der Waals surface area (Å²) >= 11 is 0. The third kappa shape index (κ3) is 1.09. The second-order valence-electron chi connectivity index (χ2n) is 4.73. The van der Waals surface area contributed by atoms with Gasteiger partial charge in [-0.15, -0.1) is 6.42 Å². The number of nitrogens with zero attached hydrogens (tertiary/aromatic N) is 1. The van der Waals surface area contributed by atoms with Gasteiger partial charge in [0, 0.05) is 0 Å². The van der Waals surface area contributed by atoms with Gasteiger partial charge in [-0.3, -0.25) is 10.7 Å². The summed E-state index contributed by atoms with van der Waals surface area (Å²) in [7, 11) is 0. The van der Waals surface area contributed by atoms with Gasteiger partial charge in [0.1, 0.15) is 11.4 Å². The minimum Gasteiger partial charge on any atom is -0.300 e. The SMILES string of the molecule is C#CCN1C(=O)NC(=N)C1(C)C1(C)CC1. The molecule has 0 bridgehead atoms. The van der Waals surface area contributed by atoms with Gasteiger partial charge in [-0.1, -0.05) is 12.8 Å². The van der Waals surface area contributed by atoms with Crippen LogP contribution < -0.4 is 5.32 Å². The summed E-state index contributed by atoms with van der Waals surface area (Å²) in [4.78, 5) is 13.2. The van der Waals surface area contributed by atoms with E-state index in [1.807, 2.05) is 6.92 Å². The summed E-state index contributed by atoms with van der Waals surface area (Å²) in [6.45, 7) is 4.29. The summed E-state index contributed by atoms with van der Waals surface area (Å²) in [6, 6.07) is -0.242. The highest BCUT2D eigenvalue weighted by molar-refractivity contribution is 6.09. The smallest absolute Gasteiger partial charge is 0.300 e. The number of hydrogen-bond donors (Lipinski definition) is 2. The number of carbonyl (C=O) groups is 1. The highest BCUT2D eigenvalue weighted by Crippen LogP contribution is 2.57. The van der Waals surface area contributed by atoms with Gasteiger partial charge in [0.25, 0.3) is 0 Å². The number of rotatable bonds is 2. The molecular formula is C11H15N3O. The number of amidine groups is 1. The Kier molecular flexibility index (Phi) is 1.84. The molecule has 0 aromatic rings. The van der Waals surface area contributed by atoms with Crippen LogP contribution in [-0.4, -0.2) is 28.9 Å². The van der Waals surface area contributed by atoms with Crippen LogP contribution in [0.4, 0.5) is 4.79 Å². The Hall–Kier alpha value is -1.50. The van der Waals surface area contributed by atoms with E-state index in [1.165, 1.54) is 0 Å². The Morgan fingerprint density at radius 3 is 2.67 bits per heavy atom. The topological polar surface area (TPSA) is 56.2 Å². The molecule has 0 aromatic heterocycles. The number of urea groups is 1. The molecule has 1 atom stereocenters. The van der Waals surface area contributed by atoms with Crippen LogP contribution in [0.2, 0.25) is 0 Å². The van der Waals surface area contributed by atoms with E-state index in [2.05, 4.69) is 18.2 Å². The lowest BCUT2D eigenvalue weighted by Crippen LogP contribution is -2.53. The Bertz CT molecular complexity index is 378. The van der Waals surface area contributed by atoms with Crippen LogP contribution in [0.1, 0.15) is 26.7 Å². The molecule has 1 aliphatic carbocycles. The second-order valence-corrected chi connectivity index (χ2v) is 4.73. The van der Waals surface area contributed by atoms with E-state index >= 15 is 0 Å². The van der Waals surface area contributed by atoms with Gasteiger partial charge in [-0.05, 0) is 25.2 Å². The van der Waals surface area contributed by atoms with Gasteiger partial charge in [-0.25, -0.2) is 4.79 Å². The first-order valence-corrected chi connectivity index (χ1v) is 5.07. The quantitative estimate of drug-likeness (QED) is 0.653. The molecule has 80 valence electrons. The Balaban J connectivity index is 2.39. The number of hydrogen-bond acceptors (Lipinski definition) is 2. The van der Waals surface area contributed by atoms with Crippen molar-refractivity contribution >= 4 is 11.9 Å². The van der Waals surface area contributed by atoms with Crippen LogP contribution in [0.3, 0.4) is 0 Å². The van der Waals surface area contributed by atoms with Crippen LogP contribution in [0, 0.1) is 23.2 Å². The molecule has 1 heterocycles. The molecule has 2 rings (SSSR count). The number of carbonyl (C=O) groups excluding carboxylic acids is 1. The van der Waals surface area contributed by atoms with Crippen molar-refractivity contribution in [1.82, 2.24) is 10.2 Å². The minimum absolute atomic E-state index is 0.0140. The van der Waals surface area contributed by atoms with E-state index in [1.54, 1.807) is 4.90 Å². The van der Waals surface area contributed by atoms with Crippen molar-refractivity contribution in [2.75, 3.05) is 6.54 Å². The van der Waals surface area contributed by atoms with Crippen LogP contribution in [0.5, 0.6) is 0 Å². The molecule has 2 N–H and O–H groups in total. The van der Waals surface area contributed by atoms with E-state index in [0.717, 1.165) is 12.8 Å². The van der Waals surface area contributed by atoms with Crippen molar-refractivity contribution in [3.05, 3.63) is 0 Å². The molecule has 4 nitrogen and oxygen atoms in total. The molecule has 1 saturated carbocycles. The highest BCUT2D eigenvalue weighted by Gasteiger charge is 2.62. The predicted molar refractivity (Wildman–Crippen MR) is 57.5 cm³/mol. The van der Waals surface area contributed by atoms with Gasteiger partial charge in [0.2, 0.25) is 0 Å². The molecule has 2 amide bonds. The first-order chi connectivity index (χ1) is 6.95. The average molecular weight is 205 g/mol. The fraction of sp³-hybridized carbons (Fsp3) is 0.636. The zero-order valence-corrected chi connectivity index (χ0v) is 9.05. The summed E-state index contributed by atoms with van der Waals surface area (Å²) in [6.07, 6.45) is 7.35. The molecule has 0 radical (unpaired) electrons. The number of terminal acetylenes is 1. The van der Waals surface area contributed by atoms with Crippen LogP contribution in [0.25, 0.3) is 0 Å². The fourth-order valence-electron chi connectivity index (χ4n) is 2.26. The molecule has 0 aromatic carbocycles. The first kappa shape index (κ1) is 10.0. The Labute approximate surface area is 89.5 Å². The molecule has 4 heteroatoms. The van der Waals surface area contributed by atoms with E-state index in [9.17, 15) is 4.79 Å². The lowest BCUT2D eigenvalue weighted by molar-refractivity contribution is 0.152. The fourth-order valence-corrected chi connectivity index (χ4v) is 2.26. The second kappa shape index (κ2) is 2.75. The standard InChI is InChI=1S/C11H15N3O/c1-4-7-14-9(15)13-8(12)11(14,3)10(2)5-6-10/h1H,5-7H2,2-3H3,(H2,12,13,15). The summed E-state index contributed by atoms with van der Waals surface area (Å²) in [5, 5.41) is 10.5. The maximum Gasteiger partial charge on any atom is 0.324 e. The maximum atomic E-state index is 11.6. The zero-order valence-electron chi connectivity index (χ0n) is 9.05. The van der Waals surface area contributed by atoms with Crippen molar-refractivity contribution in [3.63, 3.8) is 0 Å². The van der Waals surface area contributed by atoms with Crippen molar-refractivity contribution < 1.29 is 4.79 Å². The van der Waals surface area contributed by atoms with E-state index in [0.29, 0.717) is 0 Å². The Morgan fingerprint density at radius 2 is 2.20 bits per heavy atom. The summed E-state index contributed by atoms with van der Waals surface area (Å²) < 4.78 is 0.